The maximum absolute atomic E-state index is 12.1. The number of pyridine rings is 1. The first-order valence-corrected chi connectivity index (χ1v) is 9.88. The Morgan fingerprint density at radius 2 is 2.04 bits per heavy atom. The zero-order valence-corrected chi connectivity index (χ0v) is 15.2. The van der Waals surface area contributed by atoms with E-state index >= 15 is 0 Å². The zero-order chi connectivity index (χ0) is 18.0. The van der Waals surface area contributed by atoms with Crippen LogP contribution in [0.1, 0.15) is 23.3 Å². The molecule has 0 spiro atoms. The number of hydrogen-bond acceptors (Lipinski definition) is 5. The summed E-state index contributed by atoms with van der Waals surface area (Å²) >= 11 is 1.78. The molecule has 6 nitrogen and oxygen atoms in total. The van der Waals surface area contributed by atoms with Crippen LogP contribution in [0, 0.1) is 0 Å². The first kappa shape index (κ1) is 15.0. The highest BCUT2D eigenvalue weighted by Crippen LogP contribution is 2.37. The van der Waals surface area contributed by atoms with E-state index < -0.39 is 0 Å². The lowest BCUT2D eigenvalue weighted by molar-refractivity contribution is 0.700. The number of aryl methyl sites for hydroxylation is 2. The topological polar surface area (TPSA) is 75.9 Å². The maximum Gasteiger partial charge on any atom is 0.249 e. The van der Waals surface area contributed by atoms with E-state index in [0.29, 0.717) is 5.82 Å². The normalized spacial score (nSPS) is 14.2. The van der Waals surface area contributed by atoms with E-state index in [-0.39, 0.29) is 5.56 Å². The Hall–Kier alpha value is -3.06. The summed E-state index contributed by atoms with van der Waals surface area (Å²) in [6, 6.07) is 9.31. The van der Waals surface area contributed by atoms with Gasteiger partial charge >= 0.3 is 0 Å². The van der Waals surface area contributed by atoms with E-state index in [1.54, 1.807) is 28.2 Å². The standard InChI is InChI=1S/C20H15N5OS/c26-16-9-13(11-5-1-3-7-14(11)22-16)18-23-19-17-12-6-2-4-8-15(12)27-20(17)21-10-25(19)24-18/h1,3,5,7,9-10H,2,4,6,8H2,(H,22,26). The van der Waals surface area contributed by atoms with Gasteiger partial charge in [0.15, 0.2) is 11.5 Å². The highest BCUT2D eigenvalue weighted by Gasteiger charge is 2.21. The van der Waals surface area contributed by atoms with Crippen LogP contribution in [0.15, 0.2) is 41.5 Å². The second-order valence-corrected chi connectivity index (χ2v) is 8.02. The van der Waals surface area contributed by atoms with Crippen molar-refractivity contribution in [1.82, 2.24) is 24.6 Å². The van der Waals surface area contributed by atoms with Crippen molar-refractivity contribution in [3.8, 4) is 11.4 Å². The molecule has 1 aliphatic carbocycles. The van der Waals surface area contributed by atoms with E-state index in [1.807, 2.05) is 24.3 Å². The minimum Gasteiger partial charge on any atom is -0.322 e. The third kappa shape index (κ3) is 2.18. The Morgan fingerprint density at radius 1 is 1.15 bits per heavy atom. The number of hydrogen-bond donors (Lipinski definition) is 1. The number of thiophene rings is 1. The van der Waals surface area contributed by atoms with Crippen molar-refractivity contribution in [3.05, 3.63) is 57.5 Å². The Bertz CT molecular complexity index is 1410. The summed E-state index contributed by atoms with van der Waals surface area (Å²) in [6.45, 7) is 0. The molecule has 0 radical (unpaired) electrons. The summed E-state index contributed by atoms with van der Waals surface area (Å²) in [6.07, 6.45) is 6.38. The lowest BCUT2D eigenvalue weighted by atomic mass is 9.97. The van der Waals surface area contributed by atoms with Gasteiger partial charge in [0, 0.05) is 27.4 Å². The van der Waals surface area contributed by atoms with Gasteiger partial charge in [-0.25, -0.2) is 14.5 Å². The van der Waals surface area contributed by atoms with Gasteiger partial charge in [0.25, 0.3) is 0 Å². The summed E-state index contributed by atoms with van der Waals surface area (Å²) in [7, 11) is 0. The van der Waals surface area contributed by atoms with Crippen molar-refractivity contribution in [3.63, 3.8) is 0 Å². The van der Waals surface area contributed by atoms with Crippen molar-refractivity contribution in [2.24, 2.45) is 0 Å². The predicted octanol–water partition coefficient (Wildman–Crippen LogP) is 3.73. The Morgan fingerprint density at radius 3 is 3.00 bits per heavy atom. The molecule has 132 valence electrons. The van der Waals surface area contributed by atoms with E-state index in [1.165, 1.54) is 23.3 Å². The molecule has 27 heavy (non-hydrogen) atoms. The maximum atomic E-state index is 12.1. The molecule has 1 aromatic carbocycles. The van der Waals surface area contributed by atoms with Gasteiger partial charge in [0.1, 0.15) is 11.2 Å². The molecule has 6 rings (SSSR count). The summed E-state index contributed by atoms with van der Waals surface area (Å²) < 4.78 is 1.75. The Kier molecular flexibility index (Phi) is 3.05. The van der Waals surface area contributed by atoms with E-state index in [9.17, 15) is 4.79 Å². The van der Waals surface area contributed by atoms with Crippen LogP contribution in [-0.2, 0) is 12.8 Å². The minimum atomic E-state index is -0.154. The second-order valence-electron chi connectivity index (χ2n) is 6.93. The first-order valence-electron chi connectivity index (χ1n) is 9.06. The lowest BCUT2D eigenvalue weighted by Crippen LogP contribution is -2.05. The predicted molar refractivity (Wildman–Crippen MR) is 106 cm³/mol. The van der Waals surface area contributed by atoms with Gasteiger partial charge in [0.2, 0.25) is 5.56 Å². The number of aromatic amines is 1. The molecule has 1 aliphatic rings. The number of nitrogens with one attached hydrogen (secondary N) is 1. The molecule has 4 aromatic heterocycles. The van der Waals surface area contributed by atoms with Gasteiger partial charge in [-0.1, -0.05) is 18.2 Å². The Labute approximate surface area is 157 Å². The summed E-state index contributed by atoms with van der Waals surface area (Å²) in [4.78, 5) is 26.9. The van der Waals surface area contributed by atoms with Crippen LogP contribution in [-0.4, -0.2) is 24.6 Å². The SMILES string of the molecule is O=c1cc(-c2nc3c4c5c(sc4ncn3n2)CCCC5)c2ccccc2[nH]1. The molecule has 0 atom stereocenters. The monoisotopic (exact) mass is 373 g/mol. The van der Waals surface area contributed by atoms with Gasteiger partial charge in [-0.15, -0.1) is 16.4 Å². The van der Waals surface area contributed by atoms with Crippen LogP contribution in [0.25, 0.3) is 38.2 Å². The van der Waals surface area contributed by atoms with Gasteiger partial charge in [-0.3, -0.25) is 4.79 Å². The fraction of sp³-hybridized carbons (Fsp3) is 0.200. The average molecular weight is 373 g/mol. The number of rotatable bonds is 1. The molecule has 0 saturated carbocycles. The molecule has 5 aromatic rings. The van der Waals surface area contributed by atoms with Gasteiger partial charge in [0.05, 0.1) is 5.39 Å². The quantitative estimate of drug-likeness (QED) is 0.486. The number of para-hydroxylation sites is 1. The minimum absolute atomic E-state index is 0.154. The van der Waals surface area contributed by atoms with Crippen LogP contribution in [0.3, 0.4) is 0 Å². The van der Waals surface area contributed by atoms with Crippen molar-refractivity contribution in [2.45, 2.75) is 25.7 Å². The number of nitrogens with zero attached hydrogens (tertiary/aromatic N) is 4. The van der Waals surface area contributed by atoms with Crippen LogP contribution >= 0.6 is 11.3 Å². The van der Waals surface area contributed by atoms with Crippen LogP contribution in [0.4, 0.5) is 0 Å². The number of aromatic nitrogens is 5. The Balaban J connectivity index is 1.68. The van der Waals surface area contributed by atoms with Crippen molar-refractivity contribution in [1.29, 1.82) is 0 Å². The number of fused-ring (bicyclic) bond motifs is 6. The molecule has 7 heteroatoms. The zero-order valence-electron chi connectivity index (χ0n) is 14.4. The van der Waals surface area contributed by atoms with Crippen molar-refractivity contribution < 1.29 is 0 Å². The molecule has 0 bridgehead atoms. The van der Waals surface area contributed by atoms with Gasteiger partial charge in [-0.2, -0.15) is 0 Å². The molecular weight excluding hydrogens is 358 g/mol. The molecule has 0 fully saturated rings. The molecule has 0 saturated heterocycles. The van der Waals surface area contributed by atoms with Gasteiger partial charge in [-0.05, 0) is 37.3 Å². The highest BCUT2D eigenvalue weighted by molar-refractivity contribution is 7.19. The third-order valence-electron chi connectivity index (χ3n) is 5.28. The molecule has 0 aliphatic heterocycles. The van der Waals surface area contributed by atoms with Crippen LogP contribution in [0.5, 0.6) is 0 Å². The number of H-pyrrole nitrogens is 1. The van der Waals surface area contributed by atoms with Crippen molar-refractivity contribution in [2.75, 3.05) is 0 Å². The van der Waals surface area contributed by atoms with Crippen molar-refractivity contribution >= 4 is 38.1 Å². The third-order valence-corrected chi connectivity index (χ3v) is 6.48. The molecule has 4 heterocycles. The lowest BCUT2D eigenvalue weighted by Gasteiger charge is -2.09. The molecule has 0 amide bonds. The number of benzene rings is 1. The molecule has 0 unspecified atom stereocenters. The van der Waals surface area contributed by atoms with E-state index in [0.717, 1.165) is 45.2 Å². The first-order chi connectivity index (χ1) is 13.3. The second kappa shape index (κ2) is 5.47. The molecular formula is C20H15N5OS. The van der Waals surface area contributed by atoms with E-state index in [4.69, 9.17) is 4.98 Å². The smallest absolute Gasteiger partial charge is 0.249 e. The largest absolute Gasteiger partial charge is 0.322 e. The highest BCUT2D eigenvalue weighted by atomic mass is 32.1. The van der Waals surface area contributed by atoms with Crippen LogP contribution in [0.2, 0.25) is 0 Å². The van der Waals surface area contributed by atoms with Crippen LogP contribution < -0.4 is 5.56 Å². The van der Waals surface area contributed by atoms with Gasteiger partial charge < -0.3 is 4.98 Å². The fourth-order valence-corrected chi connectivity index (χ4v) is 5.28. The van der Waals surface area contributed by atoms with E-state index in [2.05, 4.69) is 15.1 Å². The summed E-state index contributed by atoms with van der Waals surface area (Å²) in [5, 5.41) is 6.71. The summed E-state index contributed by atoms with van der Waals surface area (Å²) in [5.74, 6) is 0.558. The fourth-order valence-electron chi connectivity index (χ4n) is 4.06. The molecule has 1 N–H and O–H groups in total. The summed E-state index contributed by atoms with van der Waals surface area (Å²) in [5.41, 5.74) is 3.59. The average Bonchev–Trinajstić information content (AvgIpc) is 3.28.